The second-order valence-electron chi connectivity index (χ2n) is 10.6. The lowest BCUT2D eigenvalue weighted by Gasteiger charge is -2.29. The fourth-order valence-electron chi connectivity index (χ4n) is 5.06. The molecule has 2 aliphatic heterocycles. The number of rotatable bonds is 9. The van der Waals surface area contributed by atoms with Crippen molar-refractivity contribution in [1.29, 1.82) is 0 Å². The van der Waals surface area contributed by atoms with Crippen LogP contribution in [0.25, 0.3) is 5.76 Å². The number of nitrogens with one attached hydrogen (secondary N) is 1. The largest absolute Gasteiger partial charge is 0.872 e. The van der Waals surface area contributed by atoms with E-state index in [-0.39, 0.29) is 16.0 Å². The lowest BCUT2D eigenvalue weighted by atomic mass is 9.93. The minimum atomic E-state index is -3.68. The average molecular weight is 556 g/mol. The summed E-state index contributed by atoms with van der Waals surface area (Å²) in [6.07, 6.45) is 0.688. The van der Waals surface area contributed by atoms with Gasteiger partial charge < -0.3 is 19.6 Å². The van der Waals surface area contributed by atoms with Crippen LogP contribution >= 0.6 is 0 Å². The molecular formula is C29H37N3O6S. The molecule has 1 atom stereocenters. The summed E-state index contributed by atoms with van der Waals surface area (Å²) in [5.74, 6) is -1.75. The molecule has 2 aromatic rings. The summed E-state index contributed by atoms with van der Waals surface area (Å²) in [6.45, 7) is 8.58. The Morgan fingerprint density at radius 2 is 1.67 bits per heavy atom. The molecule has 1 N–H and O–H groups in total. The van der Waals surface area contributed by atoms with Gasteiger partial charge in [0.1, 0.15) is 13.1 Å². The Labute approximate surface area is 230 Å². The predicted molar refractivity (Wildman–Crippen MR) is 145 cm³/mol. The summed E-state index contributed by atoms with van der Waals surface area (Å²) in [5, 5.41) is 13.7. The molecule has 9 nitrogen and oxygen atoms in total. The second kappa shape index (κ2) is 12.0. The number of Topliss-reactive ketones (excluding diaryl/α,β-unsaturated/α-hetero) is 1. The fraction of sp³-hybridized carbons (Fsp3) is 0.448. The van der Waals surface area contributed by atoms with E-state index in [1.165, 1.54) is 48.2 Å². The topological polar surface area (TPSA) is 111 Å². The number of ketones is 1. The third kappa shape index (κ3) is 6.09. The first-order valence-electron chi connectivity index (χ1n) is 13.3. The highest BCUT2D eigenvalue weighted by atomic mass is 32.2. The molecule has 2 saturated heterocycles. The van der Waals surface area contributed by atoms with Crippen LogP contribution in [0.1, 0.15) is 48.9 Å². The van der Waals surface area contributed by atoms with Gasteiger partial charge >= 0.3 is 0 Å². The van der Waals surface area contributed by atoms with Gasteiger partial charge in [-0.1, -0.05) is 56.0 Å². The number of carbonyl (C=O) groups excluding carboxylic acids is 2. The van der Waals surface area contributed by atoms with Crippen molar-refractivity contribution < 1.29 is 32.8 Å². The highest BCUT2D eigenvalue weighted by molar-refractivity contribution is 7.89. The monoisotopic (exact) mass is 555 g/mol. The van der Waals surface area contributed by atoms with Gasteiger partial charge in [0.05, 0.1) is 30.7 Å². The van der Waals surface area contributed by atoms with Gasteiger partial charge in [0.2, 0.25) is 15.8 Å². The normalized spacial score (nSPS) is 20.4. The van der Waals surface area contributed by atoms with E-state index in [9.17, 15) is 23.1 Å². The molecule has 2 aliphatic rings. The van der Waals surface area contributed by atoms with Crippen molar-refractivity contribution in [1.82, 2.24) is 9.21 Å². The standard InChI is InChI=1S/C29H37N3O6S/c1-20(2)21-6-8-22(9-7-21)26-25(27(33)23-10-12-24(13-11-23)39(36,37)30(3)4)28(34)29(35)32(26)15-5-14-31-16-18-38-19-17-31/h6-13,20,26,33H,5,14-19H2,1-4H3/b27-25+. The number of nitrogens with zero attached hydrogens (tertiary/aromatic N) is 2. The van der Waals surface area contributed by atoms with Crippen LogP contribution < -0.4 is 10.0 Å². The first-order chi connectivity index (χ1) is 18.5. The minimum Gasteiger partial charge on any atom is -0.872 e. The summed E-state index contributed by atoms with van der Waals surface area (Å²) in [5.41, 5.74) is 1.88. The molecule has 2 fully saturated rings. The zero-order chi connectivity index (χ0) is 28.3. The number of hydrogen-bond donors (Lipinski definition) is 1. The molecule has 10 heteroatoms. The Hall–Kier alpha value is -3.05. The van der Waals surface area contributed by atoms with E-state index in [2.05, 4.69) is 13.8 Å². The minimum absolute atomic E-state index is 0.0379. The molecule has 0 saturated carbocycles. The average Bonchev–Trinajstić information content (AvgIpc) is 3.18. The van der Waals surface area contributed by atoms with Gasteiger partial charge in [-0.25, -0.2) is 12.7 Å². The maximum Gasteiger partial charge on any atom is 0.295 e. The maximum absolute atomic E-state index is 13.7. The van der Waals surface area contributed by atoms with Gasteiger partial charge in [-0.2, -0.15) is 0 Å². The van der Waals surface area contributed by atoms with Crippen LogP contribution in [0.3, 0.4) is 0 Å². The Bertz CT molecular complexity index is 1330. The number of sulfonamides is 1. The van der Waals surface area contributed by atoms with Gasteiger partial charge in [0.25, 0.3) is 5.91 Å². The Balaban J connectivity index is 1.70. The molecule has 0 aliphatic carbocycles. The van der Waals surface area contributed by atoms with E-state index in [0.29, 0.717) is 37.7 Å². The van der Waals surface area contributed by atoms with Crippen LogP contribution in [0.15, 0.2) is 59.0 Å². The van der Waals surface area contributed by atoms with E-state index in [1.54, 1.807) is 0 Å². The molecular weight excluding hydrogens is 518 g/mol. The van der Waals surface area contributed by atoms with Crippen molar-refractivity contribution >= 4 is 27.5 Å². The molecule has 1 amide bonds. The van der Waals surface area contributed by atoms with Crippen molar-refractivity contribution in [2.45, 2.75) is 37.1 Å². The summed E-state index contributed by atoms with van der Waals surface area (Å²) in [7, 11) is -0.819. The SMILES string of the molecule is CC(C)c1ccc(C2/C(=C(\[O-])c3ccc(S(=O)(=O)N(C)C)cc3)C(=O)C(=O)N2CCC[NH+]2CCOCC2)cc1. The second-order valence-corrected chi connectivity index (χ2v) is 12.7. The number of amides is 1. The summed E-state index contributed by atoms with van der Waals surface area (Å²) in [4.78, 5) is 29.5. The molecule has 0 bridgehead atoms. The first kappa shape index (κ1) is 28.9. The van der Waals surface area contributed by atoms with Crippen LogP contribution in [-0.4, -0.2) is 82.8 Å². The third-order valence-corrected chi connectivity index (χ3v) is 9.30. The quantitative estimate of drug-likeness (QED) is 0.276. The van der Waals surface area contributed by atoms with Crippen LogP contribution in [0.2, 0.25) is 0 Å². The van der Waals surface area contributed by atoms with Crippen LogP contribution in [0, 0.1) is 0 Å². The smallest absolute Gasteiger partial charge is 0.295 e. The van der Waals surface area contributed by atoms with Crippen molar-refractivity contribution in [2.75, 3.05) is 53.5 Å². The molecule has 39 heavy (non-hydrogen) atoms. The zero-order valence-electron chi connectivity index (χ0n) is 23.0. The number of morpholine rings is 1. The molecule has 2 heterocycles. The number of ether oxygens (including phenoxy) is 1. The van der Waals surface area contributed by atoms with Crippen LogP contribution in [0.5, 0.6) is 0 Å². The number of carbonyl (C=O) groups is 2. The summed E-state index contributed by atoms with van der Waals surface area (Å²) < 4.78 is 31.4. The highest BCUT2D eigenvalue weighted by Crippen LogP contribution is 2.39. The fourth-order valence-corrected chi connectivity index (χ4v) is 5.97. The molecule has 1 unspecified atom stereocenters. The number of quaternary nitrogens is 1. The van der Waals surface area contributed by atoms with Crippen LogP contribution in [0.4, 0.5) is 0 Å². The lowest BCUT2D eigenvalue weighted by molar-refractivity contribution is -0.908. The summed E-state index contributed by atoms with van der Waals surface area (Å²) >= 11 is 0. The van der Waals surface area contributed by atoms with Crippen molar-refractivity contribution in [3.05, 3.63) is 70.8 Å². The molecule has 0 radical (unpaired) electrons. The van der Waals surface area contributed by atoms with Crippen molar-refractivity contribution in [3.8, 4) is 0 Å². The molecule has 4 rings (SSSR count). The number of likely N-dealkylation sites (tertiary alicyclic amines) is 1. The number of hydrogen-bond acceptors (Lipinski definition) is 6. The van der Waals surface area contributed by atoms with Gasteiger partial charge in [-0.3, -0.25) is 9.59 Å². The van der Waals surface area contributed by atoms with Gasteiger partial charge in [0, 0.05) is 32.6 Å². The summed E-state index contributed by atoms with van der Waals surface area (Å²) in [6, 6.07) is 12.4. The van der Waals surface area contributed by atoms with E-state index in [0.717, 1.165) is 29.5 Å². The third-order valence-electron chi connectivity index (χ3n) is 7.47. The van der Waals surface area contributed by atoms with E-state index < -0.39 is 33.5 Å². The Kier molecular flexibility index (Phi) is 8.90. The van der Waals surface area contributed by atoms with Crippen molar-refractivity contribution in [3.63, 3.8) is 0 Å². The first-order valence-corrected chi connectivity index (χ1v) is 14.8. The van der Waals surface area contributed by atoms with Gasteiger partial charge in [-0.05, 0) is 34.7 Å². The maximum atomic E-state index is 13.7. The zero-order valence-corrected chi connectivity index (χ0v) is 23.8. The highest BCUT2D eigenvalue weighted by Gasteiger charge is 2.44. The lowest BCUT2D eigenvalue weighted by Crippen LogP contribution is -3.14. The molecule has 0 spiro atoms. The van der Waals surface area contributed by atoms with E-state index in [4.69, 9.17) is 4.74 Å². The molecule has 210 valence electrons. The van der Waals surface area contributed by atoms with Crippen LogP contribution in [-0.2, 0) is 24.3 Å². The molecule has 2 aromatic carbocycles. The molecule has 0 aromatic heterocycles. The predicted octanol–water partition coefficient (Wildman–Crippen LogP) is 0.590. The Morgan fingerprint density at radius 3 is 2.23 bits per heavy atom. The van der Waals surface area contributed by atoms with Crippen molar-refractivity contribution in [2.24, 2.45) is 0 Å². The van der Waals surface area contributed by atoms with E-state index in [1.807, 2.05) is 24.3 Å². The van der Waals surface area contributed by atoms with Gasteiger partial charge in [0.15, 0.2) is 0 Å². The number of benzene rings is 2. The Morgan fingerprint density at radius 1 is 1.05 bits per heavy atom. The van der Waals surface area contributed by atoms with Gasteiger partial charge in [-0.15, -0.1) is 0 Å². The van der Waals surface area contributed by atoms with E-state index >= 15 is 0 Å².